The van der Waals surface area contributed by atoms with Crippen molar-refractivity contribution in [2.24, 2.45) is 29.6 Å². The molecule has 6 atom stereocenters. The first-order chi connectivity index (χ1) is 6.84. The van der Waals surface area contributed by atoms with Crippen LogP contribution in [0.15, 0.2) is 0 Å². The lowest BCUT2D eigenvalue weighted by molar-refractivity contribution is 0.274. The minimum absolute atomic E-state index is 1.04. The lowest BCUT2D eigenvalue weighted by Gasteiger charge is -2.32. The molecule has 4 rings (SSSR count). The summed E-state index contributed by atoms with van der Waals surface area (Å²) >= 11 is 0. The average molecular weight is 244 g/mol. The van der Waals surface area contributed by atoms with Crippen LogP contribution in [-0.2, 0) is 0 Å². The molecule has 1 heterocycles. The largest absolute Gasteiger partial charge is 0.0776 e. The fourth-order valence-electron chi connectivity index (χ4n) is 4.63. The molecule has 0 radical (unpaired) electrons. The third-order valence-electron chi connectivity index (χ3n) is 5.01. The summed E-state index contributed by atoms with van der Waals surface area (Å²) < 4.78 is 0. The van der Waals surface area contributed by atoms with E-state index in [0.29, 0.717) is 0 Å². The first kappa shape index (κ1) is 9.12. The average Bonchev–Trinajstić information content (AvgIpc) is 2.73. The summed E-state index contributed by atoms with van der Waals surface area (Å²) in [7, 11) is 6.50. The van der Waals surface area contributed by atoms with Gasteiger partial charge in [0.1, 0.15) is 0 Å². The van der Waals surface area contributed by atoms with Gasteiger partial charge in [-0.15, -0.1) is 0 Å². The van der Waals surface area contributed by atoms with Gasteiger partial charge in [-0.05, 0) is 58.7 Å². The van der Waals surface area contributed by atoms with Gasteiger partial charge in [0.15, 0.2) is 0 Å². The fourth-order valence-corrected chi connectivity index (χ4v) is 11.4. The monoisotopic (exact) mass is 244 g/mol. The Kier molecular flexibility index (Phi) is 1.98. The predicted octanol–water partition coefficient (Wildman–Crippen LogP) is 4.08. The number of hydrogen-bond acceptors (Lipinski definition) is 3. The Hall–Kier alpha value is 1.05. The van der Waals surface area contributed by atoms with Crippen molar-refractivity contribution < 1.29 is 0 Å². The number of fused-ring (bicyclic) bond motifs is 8. The Morgan fingerprint density at radius 1 is 0.786 bits per heavy atom. The Morgan fingerprint density at radius 2 is 1.36 bits per heavy atom. The highest BCUT2D eigenvalue weighted by molar-refractivity contribution is 9.11. The van der Waals surface area contributed by atoms with E-state index in [1.165, 1.54) is 0 Å². The minimum atomic E-state index is 1.04. The molecule has 4 fully saturated rings. The van der Waals surface area contributed by atoms with E-state index in [-0.39, 0.29) is 0 Å². The molecule has 0 N–H and O–H groups in total. The molecule has 0 aromatic heterocycles. The van der Waals surface area contributed by atoms with Gasteiger partial charge in [-0.2, -0.15) is 0 Å². The molecule has 78 valence electrons. The van der Waals surface area contributed by atoms with Crippen LogP contribution < -0.4 is 0 Å². The molecular formula is C11H16S3. The van der Waals surface area contributed by atoms with E-state index in [0.717, 1.165) is 40.1 Å². The molecule has 1 saturated heterocycles. The summed E-state index contributed by atoms with van der Waals surface area (Å²) in [4.78, 5) is 0. The van der Waals surface area contributed by atoms with Crippen molar-refractivity contribution in [2.45, 2.75) is 36.7 Å². The molecule has 2 bridgehead atoms. The van der Waals surface area contributed by atoms with Crippen LogP contribution in [0.1, 0.15) is 26.2 Å². The zero-order valence-corrected chi connectivity index (χ0v) is 10.8. The Labute approximate surface area is 97.5 Å². The van der Waals surface area contributed by atoms with Crippen LogP contribution in [0.25, 0.3) is 0 Å². The lowest BCUT2D eigenvalue weighted by atomic mass is 9.81. The first-order valence-electron chi connectivity index (χ1n) is 5.83. The van der Waals surface area contributed by atoms with E-state index in [4.69, 9.17) is 0 Å². The maximum atomic E-state index is 2.47. The molecule has 0 nitrogen and oxygen atoms in total. The van der Waals surface area contributed by atoms with Crippen molar-refractivity contribution in [3.05, 3.63) is 0 Å². The van der Waals surface area contributed by atoms with Gasteiger partial charge in [-0.25, -0.2) is 0 Å². The van der Waals surface area contributed by atoms with Gasteiger partial charge in [0.25, 0.3) is 0 Å². The molecule has 3 saturated carbocycles. The van der Waals surface area contributed by atoms with Crippen molar-refractivity contribution in [3.8, 4) is 0 Å². The normalized spacial score (nSPS) is 64.5. The van der Waals surface area contributed by atoms with E-state index in [9.17, 15) is 0 Å². The summed E-state index contributed by atoms with van der Waals surface area (Å²) in [5, 5.41) is 2.09. The molecule has 0 aromatic rings. The van der Waals surface area contributed by atoms with Crippen molar-refractivity contribution in [3.63, 3.8) is 0 Å². The van der Waals surface area contributed by atoms with Crippen LogP contribution >= 0.6 is 31.4 Å². The van der Waals surface area contributed by atoms with Gasteiger partial charge < -0.3 is 0 Å². The summed E-state index contributed by atoms with van der Waals surface area (Å²) in [6.07, 6.45) is 4.72. The first-order valence-corrected chi connectivity index (χ1v) is 9.44. The maximum absolute atomic E-state index is 2.47. The molecule has 1 aliphatic heterocycles. The van der Waals surface area contributed by atoms with Crippen molar-refractivity contribution in [1.82, 2.24) is 0 Å². The molecule has 3 heteroatoms. The van der Waals surface area contributed by atoms with Gasteiger partial charge in [0, 0.05) is 10.5 Å². The second-order valence-electron chi connectivity index (χ2n) is 5.66. The highest BCUT2D eigenvalue weighted by atomic mass is 33.5. The highest BCUT2D eigenvalue weighted by Gasteiger charge is 2.62. The standard InChI is InChI=1S/C11H16S3/c1-5-2-6-7(3-5)9-4-8(6)10-11(9)13-14-12-10/h5-11H,2-4H2,1H3. The molecule has 4 aliphatic rings. The van der Waals surface area contributed by atoms with Crippen LogP contribution in [-0.4, -0.2) is 10.5 Å². The van der Waals surface area contributed by atoms with E-state index in [1.54, 1.807) is 19.3 Å². The summed E-state index contributed by atoms with van der Waals surface area (Å²) in [5.41, 5.74) is 0. The second kappa shape index (κ2) is 3.04. The molecule has 14 heavy (non-hydrogen) atoms. The van der Waals surface area contributed by atoms with Gasteiger partial charge in [0.05, 0.1) is 0 Å². The van der Waals surface area contributed by atoms with E-state index >= 15 is 0 Å². The zero-order chi connectivity index (χ0) is 9.28. The SMILES string of the molecule is CC1CC2C(C1)C1CC2C2SSSC12. The van der Waals surface area contributed by atoms with Crippen LogP contribution in [0, 0.1) is 29.6 Å². The van der Waals surface area contributed by atoms with E-state index in [1.807, 2.05) is 0 Å². The fraction of sp³-hybridized carbons (Fsp3) is 1.00. The van der Waals surface area contributed by atoms with Gasteiger partial charge in [-0.3, -0.25) is 0 Å². The van der Waals surface area contributed by atoms with Crippen molar-refractivity contribution >= 4 is 31.4 Å². The smallest absolute Gasteiger partial charge is 0.0321 e. The van der Waals surface area contributed by atoms with E-state index in [2.05, 4.69) is 38.3 Å². The summed E-state index contributed by atoms with van der Waals surface area (Å²) in [6.45, 7) is 2.47. The molecule has 0 amide bonds. The second-order valence-corrected chi connectivity index (χ2v) is 10.1. The quantitative estimate of drug-likeness (QED) is 0.589. The maximum Gasteiger partial charge on any atom is 0.0321 e. The van der Waals surface area contributed by atoms with Crippen molar-refractivity contribution in [2.75, 3.05) is 0 Å². The summed E-state index contributed by atoms with van der Waals surface area (Å²) in [5.74, 6) is 5.56. The molecule has 0 spiro atoms. The predicted molar refractivity (Wildman–Crippen MR) is 67.3 cm³/mol. The third kappa shape index (κ3) is 1.02. The zero-order valence-electron chi connectivity index (χ0n) is 8.39. The Balaban J connectivity index is 1.68. The Bertz CT molecular complexity index is 243. The Morgan fingerprint density at radius 3 is 1.93 bits per heavy atom. The summed E-state index contributed by atoms with van der Waals surface area (Å²) in [6, 6.07) is 0. The van der Waals surface area contributed by atoms with Gasteiger partial charge >= 0.3 is 0 Å². The molecule has 3 aliphatic carbocycles. The van der Waals surface area contributed by atoms with Crippen LogP contribution in [0.3, 0.4) is 0 Å². The third-order valence-corrected chi connectivity index (χ3v) is 10.3. The molecule has 6 unspecified atom stereocenters. The minimum Gasteiger partial charge on any atom is -0.0776 e. The topological polar surface area (TPSA) is 0 Å². The molecular weight excluding hydrogens is 228 g/mol. The van der Waals surface area contributed by atoms with Gasteiger partial charge in [0.2, 0.25) is 0 Å². The lowest BCUT2D eigenvalue weighted by Crippen LogP contribution is -2.33. The highest BCUT2D eigenvalue weighted by Crippen LogP contribution is 2.71. The van der Waals surface area contributed by atoms with Crippen molar-refractivity contribution in [1.29, 1.82) is 0 Å². The van der Waals surface area contributed by atoms with Crippen LogP contribution in [0.4, 0.5) is 0 Å². The number of rotatable bonds is 0. The van der Waals surface area contributed by atoms with Crippen LogP contribution in [0.5, 0.6) is 0 Å². The van der Waals surface area contributed by atoms with Gasteiger partial charge in [-0.1, -0.05) is 28.5 Å². The number of hydrogen-bond donors (Lipinski definition) is 0. The van der Waals surface area contributed by atoms with Crippen LogP contribution in [0.2, 0.25) is 0 Å². The van der Waals surface area contributed by atoms with E-state index < -0.39 is 0 Å². The molecule has 0 aromatic carbocycles.